The summed E-state index contributed by atoms with van der Waals surface area (Å²) < 4.78 is 27.9. The quantitative estimate of drug-likeness (QED) is 0.848. The van der Waals surface area contributed by atoms with E-state index in [2.05, 4.69) is 32.4 Å². The lowest BCUT2D eigenvalue weighted by atomic mass is 9.82. The van der Waals surface area contributed by atoms with Crippen LogP contribution in [0.25, 0.3) is 0 Å². The molecule has 0 radical (unpaired) electrons. The molecular formula is C16H28N2O2S. The average Bonchev–Trinajstić information content (AvgIpc) is 2.42. The molecule has 0 heterocycles. The zero-order chi connectivity index (χ0) is 16.3. The maximum absolute atomic E-state index is 12.6. The van der Waals surface area contributed by atoms with Crippen LogP contribution in [0.2, 0.25) is 0 Å². The van der Waals surface area contributed by atoms with Gasteiger partial charge in [-0.25, -0.2) is 13.1 Å². The topological polar surface area (TPSA) is 72.2 Å². The first-order valence-electron chi connectivity index (χ1n) is 7.43. The van der Waals surface area contributed by atoms with Gasteiger partial charge >= 0.3 is 0 Å². The molecule has 5 heteroatoms. The van der Waals surface area contributed by atoms with Crippen LogP contribution in [0.3, 0.4) is 0 Å². The van der Waals surface area contributed by atoms with E-state index in [1.165, 1.54) is 0 Å². The largest absolute Gasteiger partial charge is 0.326 e. The zero-order valence-electron chi connectivity index (χ0n) is 13.7. The minimum absolute atomic E-state index is 0.0647. The normalized spacial score (nSPS) is 14.2. The van der Waals surface area contributed by atoms with Crippen LogP contribution < -0.4 is 10.5 Å². The molecule has 0 bridgehead atoms. The van der Waals surface area contributed by atoms with E-state index in [-0.39, 0.29) is 11.3 Å². The van der Waals surface area contributed by atoms with Gasteiger partial charge in [-0.2, -0.15) is 0 Å². The van der Waals surface area contributed by atoms with E-state index >= 15 is 0 Å². The number of aryl methyl sites for hydroxylation is 1. The van der Waals surface area contributed by atoms with Crippen molar-refractivity contribution in [2.24, 2.45) is 17.1 Å². The number of rotatable bonds is 6. The predicted molar refractivity (Wildman–Crippen MR) is 87.5 cm³/mol. The molecule has 21 heavy (non-hydrogen) atoms. The van der Waals surface area contributed by atoms with Crippen molar-refractivity contribution >= 4 is 10.0 Å². The van der Waals surface area contributed by atoms with Gasteiger partial charge in [-0.05, 0) is 34.9 Å². The average molecular weight is 312 g/mol. The van der Waals surface area contributed by atoms with Gasteiger partial charge in [-0.3, -0.25) is 0 Å². The molecule has 0 fully saturated rings. The molecule has 0 aliphatic heterocycles. The molecule has 3 N–H and O–H groups in total. The van der Waals surface area contributed by atoms with Crippen molar-refractivity contribution in [2.45, 2.75) is 52.5 Å². The van der Waals surface area contributed by atoms with Crippen molar-refractivity contribution in [3.63, 3.8) is 0 Å². The minimum atomic E-state index is -3.50. The molecule has 0 amide bonds. The molecule has 120 valence electrons. The Morgan fingerprint density at radius 2 is 1.90 bits per heavy atom. The lowest BCUT2D eigenvalue weighted by molar-refractivity contribution is 0.263. The van der Waals surface area contributed by atoms with Crippen molar-refractivity contribution in [2.75, 3.05) is 6.54 Å². The highest BCUT2D eigenvalue weighted by Crippen LogP contribution is 2.25. The molecule has 0 aliphatic rings. The van der Waals surface area contributed by atoms with Gasteiger partial charge < -0.3 is 5.73 Å². The van der Waals surface area contributed by atoms with Crippen molar-refractivity contribution in [1.82, 2.24) is 4.72 Å². The fraction of sp³-hybridized carbons (Fsp3) is 0.625. The van der Waals surface area contributed by atoms with Gasteiger partial charge in [-0.1, -0.05) is 46.8 Å². The number of benzene rings is 1. The van der Waals surface area contributed by atoms with Gasteiger partial charge in [0.15, 0.2) is 0 Å². The lowest BCUT2D eigenvalue weighted by Crippen LogP contribution is -2.34. The fourth-order valence-corrected chi connectivity index (χ4v) is 3.38. The van der Waals surface area contributed by atoms with Crippen LogP contribution in [0.1, 0.15) is 45.7 Å². The standard InChI is InChI=1S/C16H28N2O2S/c1-6-14-8-7-13(10-17)9-15(14)21(19,20)18-11-12(2)16(3,4)5/h7-9,12,18H,6,10-11,17H2,1-5H3. The first kappa shape index (κ1) is 18.1. The second kappa shape index (κ2) is 6.90. The number of sulfonamides is 1. The second-order valence-electron chi connectivity index (χ2n) is 6.62. The maximum Gasteiger partial charge on any atom is 0.240 e. The molecule has 1 rings (SSSR count). The summed E-state index contributed by atoms with van der Waals surface area (Å²) in [6, 6.07) is 5.42. The van der Waals surface area contributed by atoms with Gasteiger partial charge in [0.25, 0.3) is 0 Å². The van der Waals surface area contributed by atoms with Gasteiger partial charge in [-0.15, -0.1) is 0 Å². The summed E-state index contributed by atoms with van der Waals surface area (Å²) >= 11 is 0. The van der Waals surface area contributed by atoms with E-state index in [9.17, 15) is 8.42 Å². The third kappa shape index (κ3) is 4.80. The van der Waals surface area contributed by atoms with Gasteiger partial charge in [0.05, 0.1) is 4.90 Å². The molecule has 1 aromatic rings. The molecule has 0 saturated heterocycles. The lowest BCUT2D eigenvalue weighted by Gasteiger charge is -2.27. The van der Waals surface area contributed by atoms with E-state index in [0.717, 1.165) is 11.1 Å². The third-order valence-electron chi connectivity index (χ3n) is 4.10. The summed E-state index contributed by atoms with van der Waals surface area (Å²) in [4.78, 5) is 0.356. The maximum atomic E-state index is 12.6. The van der Waals surface area contributed by atoms with Crippen LogP contribution in [-0.4, -0.2) is 15.0 Å². The Kier molecular flexibility index (Phi) is 5.96. The second-order valence-corrected chi connectivity index (χ2v) is 8.35. The van der Waals surface area contributed by atoms with Crippen LogP contribution >= 0.6 is 0 Å². The van der Waals surface area contributed by atoms with Crippen molar-refractivity contribution in [3.05, 3.63) is 29.3 Å². The smallest absolute Gasteiger partial charge is 0.240 e. The molecule has 1 unspecified atom stereocenters. The molecule has 1 aromatic carbocycles. The highest BCUT2D eigenvalue weighted by molar-refractivity contribution is 7.89. The number of hydrogen-bond acceptors (Lipinski definition) is 3. The van der Waals surface area contributed by atoms with Crippen molar-refractivity contribution in [1.29, 1.82) is 0 Å². The Balaban J connectivity index is 3.02. The van der Waals surface area contributed by atoms with E-state index in [1.807, 2.05) is 19.1 Å². The molecule has 0 saturated carbocycles. The number of nitrogens with two attached hydrogens (primary N) is 1. The monoisotopic (exact) mass is 312 g/mol. The predicted octanol–water partition coefficient (Wildman–Crippen LogP) is 2.67. The van der Waals surface area contributed by atoms with Gasteiger partial charge in [0.1, 0.15) is 0 Å². The Labute approximate surface area is 129 Å². The van der Waals surface area contributed by atoms with Crippen LogP contribution in [0.5, 0.6) is 0 Å². The molecule has 4 nitrogen and oxygen atoms in total. The van der Waals surface area contributed by atoms with Crippen LogP contribution in [-0.2, 0) is 23.0 Å². The first-order valence-corrected chi connectivity index (χ1v) is 8.91. The van der Waals surface area contributed by atoms with Crippen molar-refractivity contribution < 1.29 is 8.42 Å². The van der Waals surface area contributed by atoms with E-state index in [1.54, 1.807) is 6.07 Å². The summed E-state index contributed by atoms with van der Waals surface area (Å²) in [6.07, 6.45) is 0.677. The Morgan fingerprint density at radius 1 is 1.29 bits per heavy atom. The molecule has 1 atom stereocenters. The van der Waals surface area contributed by atoms with E-state index in [4.69, 9.17) is 5.73 Å². The Morgan fingerprint density at radius 3 is 2.38 bits per heavy atom. The van der Waals surface area contributed by atoms with E-state index < -0.39 is 10.0 Å². The summed E-state index contributed by atoms with van der Waals surface area (Å²) in [6.45, 7) is 11.1. The van der Waals surface area contributed by atoms with E-state index in [0.29, 0.717) is 24.4 Å². The molecule has 0 spiro atoms. The summed E-state index contributed by atoms with van der Waals surface area (Å²) in [5.41, 5.74) is 7.33. The Hall–Kier alpha value is -0.910. The molecule has 0 aliphatic carbocycles. The molecular weight excluding hydrogens is 284 g/mol. The highest BCUT2D eigenvalue weighted by Gasteiger charge is 2.24. The summed E-state index contributed by atoms with van der Waals surface area (Å²) in [7, 11) is -3.50. The fourth-order valence-electron chi connectivity index (χ4n) is 1.89. The first-order chi connectivity index (χ1) is 9.61. The number of nitrogens with one attached hydrogen (secondary N) is 1. The highest BCUT2D eigenvalue weighted by atomic mass is 32.2. The van der Waals surface area contributed by atoms with Gasteiger partial charge in [0.2, 0.25) is 10.0 Å². The van der Waals surface area contributed by atoms with Crippen LogP contribution in [0, 0.1) is 11.3 Å². The minimum Gasteiger partial charge on any atom is -0.326 e. The zero-order valence-corrected chi connectivity index (χ0v) is 14.5. The third-order valence-corrected chi connectivity index (χ3v) is 5.60. The molecule has 0 aromatic heterocycles. The number of hydrogen-bond donors (Lipinski definition) is 2. The summed E-state index contributed by atoms with van der Waals surface area (Å²) in [5, 5.41) is 0. The Bertz CT molecular complexity index is 574. The van der Waals surface area contributed by atoms with Crippen LogP contribution in [0.15, 0.2) is 23.1 Å². The van der Waals surface area contributed by atoms with Crippen molar-refractivity contribution in [3.8, 4) is 0 Å². The van der Waals surface area contributed by atoms with Gasteiger partial charge in [0, 0.05) is 13.1 Å². The SMILES string of the molecule is CCc1ccc(CN)cc1S(=O)(=O)NCC(C)C(C)(C)C. The van der Waals surface area contributed by atoms with Crippen LogP contribution in [0.4, 0.5) is 0 Å². The summed E-state index contributed by atoms with van der Waals surface area (Å²) in [5.74, 6) is 0.245.